The first-order valence-corrected chi connectivity index (χ1v) is 7.38. The molecule has 0 unspecified atom stereocenters. The summed E-state index contributed by atoms with van der Waals surface area (Å²) in [5, 5.41) is 4.48. The smallest absolute Gasteiger partial charge is 0.137 e. The Balaban J connectivity index is 3.15. The molecule has 1 aromatic rings. The van der Waals surface area contributed by atoms with E-state index in [9.17, 15) is 0 Å². The highest BCUT2D eigenvalue weighted by molar-refractivity contribution is 7.80. The molecule has 0 spiro atoms. The molecule has 2 N–H and O–H groups in total. The Morgan fingerprint density at radius 2 is 1.95 bits per heavy atom. The Bertz CT molecular complexity index is 464. The van der Waals surface area contributed by atoms with Crippen LogP contribution in [0.4, 0.5) is 5.82 Å². The van der Waals surface area contributed by atoms with Crippen molar-refractivity contribution in [3.8, 4) is 0 Å². The number of nitrogens with two attached hydrogens (primary N) is 1. The summed E-state index contributed by atoms with van der Waals surface area (Å²) >= 11 is 5.21. The Morgan fingerprint density at radius 1 is 1.35 bits per heavy atom. The Morgan fingerprint density at radius 3 is 2.40 bits per heavy atom. The van der Waals surface area contributed by atoms with E-state index in [4.69, 9.17) is 18.0 Å². The lowest BCUT2D eigenvalue weighted by atomic mass is 10.1. The van der Waals surface area contributed by atoms with Crippen LogP contribution in [0.15, 0.2) is 0 Å². The highest BCUT2D eigenvalue weighted by Crippen LogP contribution is 2.24. The van der Waals surface area contributed by atoms with Crippen LogP contribution in [0.5, 0.6) is 0 Å². The molecule has 0 aliphatic carbocycles. The maximum atomic E-state index is 5.89. The molecule has 114 valence electrons. The molecule has 0 aromatic carbocycles. The van der Waals surface area contributed by atoms with Gasteiger partial charge in [0.2, 0.25) is 0 Å². The Hall–Kier alpha value is -1.14. The van der Waals surface area contributed by atoms with Gasteiger partial charge in [-0.15, -0.1) is 0 Å². The first-order chi connectivity index (χ1) is 9.23. The van der Waals surface area contributed by atoms with Crippen LogP contribution >= 0.6 is 12.2 Å². The van der Waals surface area contributed by atoms with Crippen molar-refractivity contribution in [3.63, 3.8) is 0 Å². The zero-order chi connectivity index (χ0) is 15.4. The number of thiocarbonyl (C=S) groups is 1. The molecule has 0 aliphatic heterocycles. The standard InChI is InChI=1S/C14H27N5S/c1-10(2)9-19(8-7-17(4)5)14-12(13(15)20)11(3)16-18(14)6/h10H,7-9H2,1-6H3,(H2,15,20). The molecule has 0 atom stereocenters. The van der Waals surface area contributed by atoms with Gasteiger partial charge in [0.15, 0.2) is 0 Å². The van der Waals surface area contributed by atoms with Crippen LogP contribution < -0.4 is 10.6 Å². The van der Waals surface area contributed by atoms with Gasteiger partial charge in [-0.3, -0.25) is 4.68 Å². The number of hydrogen-bond donors (Lipinski definition) is 1. The zero-order valence-corrected chi connectivity index (χ0v) is 14.3. The fraction of sp³-hybridized carbons (Fsp3) is 0.714. The van der Waals surface area contributed by atoms with Crippen molar-refractivity contribution in [2.45, 2.75) is 20.8 Å². The van der Waals surface area contributed by atoms with Crippen molar-refractivity contribution in [1.29, 1.82) is 0 Å². The predicted molar refractivity (Wildman–Crippen MR) is 89.4 cm³/mol. The second kappa shape index (κ2) is 7.04. The molecule has 0 radical (unpaired) electrons. The van der Waals surface area contributed by atoms with E-state index in [1.807, 2.05) is 18.7 Å². The minimum atomic E-state index is 0.421. The normalized spacial score (nSPS) is 11.4. The Labute approximate surface area is 127 Å². The first-order valence-electron chi connectivity index (χ1n) is 6.97. The fourth-order valence-corrected chi connectivity index (χ4v) is 2.58. The van der Waals surface area contributed by atoms with Gasteiger partial charge in [0, 0.05) is 26.7 Å². The van der Waals surface area contributed by atoms with Crippen LogP contribution in [0.3, 0.4) is 0 Å². The number of aryl methyl sites for hydroxylation is 2. The van der Waals surface area contributed by atoms with Crippen molar-refractivity contribution in [2.24, 2.45) is 18.7 Å². The number of rotatable bonds is 7. The summed E-state index contributed by atoms with van der Waals surface area (Å²) in [4.78, 5) is 4.93. The van der Waals surface area contributed by atoms with Crippen molar-refractivity contribution >= 4 is 23.0 Å². The molecule has 6 heteroatoms. The summed E-state index contributed by atoms with van der Waals surface area (Å²) in [6.45, 7) is 9.26. The van der Waals surface area contributed by atoms with Gasteiger partial charge in [-0.1, -0.05) is 26.1 Å². The summed E-state index contributed by atoms with van der Waals surface area (Å²) in [5.74, 6) is 1.59. The van der Waals surface area contributed by atoms with Gasteiger partial charge >= 0.3 is 0 Å². The summed E-state index contributed by atoms with van der Waals surface area (Å²) in [7, 11) is 6.11. The van der Waals surface area contributed by atoms with Crippen LogP contribution in [0.2, 0.25) is 0 Å². The second-order valence-corrected chi connectivity index (χ2v) is 6.35. The van der Waals surface area contributed by atoms with Crippen LogP contribution in [0.25, 0.3) is 0 Å². The molecule has 1 aromatic heterocycles. The van der Waals surface area contributed by atoms with E-state index in [1.54, 1.807) is 0 Å². The van der Waals surface area contributed by atoms with Gasteiger partial charge in [0.25, 0.3) is 0 Å². The quantitative estimate of drug-likeness (QED) is 0.771. The Kier molecular flexibility index (Phi) is 5.95. The van der Waals surface area contributed by atoms with E-state index in [0.717, 1.165) is 36.7 Å². The molecule has 0 fully saturated rings. The van der Waals surface area contributed by atoms with Gasteiger partial charge in [0.05, 0.1) is 11.3 Å². The molecule has 1 rings (SSSR count). The van der Waals surface area contributed by atoms with Gasteiger partial charge in [-0.25, -0.2) is 0 Å². The van der Waals surface area contributed by atoms with Gasteiger partial charge in [-0.2, -0.15) is 5.10 Å². The molecule has 1 heterocycles. The van der Waals surface area contributed by atoms with Gasteiger partial charge in [0.1, 0.15) is 10.8 Å². The highest BCUT2D eigenvalue weighted by atomic mass is 32.1. The zero-order valence-electron chi connectivity index (χ0n) is 13.5. The van der Waals surface area contributed by atoms with Crippen molar-refractivity contribution in [2.75, 3.05) is 38.6 Å². The molecular weight excluding hydrogens is 270 g/mol. The SMILES string of the molecule is Cc1nn(C)c(N(CCN(C)C)CC(C)C)c1C(N)=S. The molecule has 0 saturated heterocycles. The lowest BCUT2D eigenvalue weighted by Gasteiger charge is -2.28. The molecule has 0 amide bonds. The highest BCUT2D eigenvalue weighted by Gasteiger charge is 2.21. The van der Waals surface area contributed by atoms with Crippen LogP contribution in [-0.2, 0) is 7.05 Å². The fourth-order valence-electron chi connectivity index (χ4n) is 2.34. The topological polar surface area (TPSA) is 50.3 Å². The maximum absolute atomic E-state index is 5.89. The summed E-state index contributed by atoms with van der Waals surface area (Å²) < 4.78 is 1.89. The van der Waals surface area contributed by atoms with Gasteiger partial charge < -0.3 is 15.5 Å². The average Bonchev–Trinajstić information content (AvgIpc) is 2.58. The number of hydrogen-bond acceptors (Lipinski definition) is 4. The molecular formula is C14H27N5S. The maximum Gasteiger partial charge on any atom is 0.137 e. The lowest BCUT2D eigenvalue weighted by Crippen LogP contribution is -2.36. The van der Waals surface area contributed by atoms with Crippen LogP contribution in [0.1, 0.15) is 25.1 Å². The molecule has 0 saturated carbocycles. The molecule has 5 nitrogen and oxygen atoms in total. The predicted octanol–water partition coefficient (Wildman–Crippen LogP) is 1.39. The van der Waals surface area contributed by atoms with Crippen LogP contribution in [0, 0.1) is 12.8 Å². The van der Waals surface area contributed by atoms with E-state index in [2.05, 4.69) is 42.8 Å². The van der Waals surface area contributed by atoms with Gasteiger partial charge in [-0.05, 0) is 26.9 Å². The number of likely N-dealkylation sites (N-methyl/N-ethyl adjacent to an activating group) is 1. The summed E-state index contributed by atoms with van der Waals surface area (Å²) in [6.07, 6.45) is 0. The van der Waals surface area contributed by atoms with E-state index in [-0.39, 0.29) is 0 Å². The van der Waals surface area contributed by atoms with Crippen LogP contribution in [-0.4, -0.2) is 53.4 Å². The minimum Gasteiger partial charge on any atom is -0.389 e. The third-order valence-corrected chi connectivity index (χ3v) is 3.34. The second-order valence-electron chi connectivity index (χ2n) is 5.92. The third-order valence-electron chi connectivity index (χ3n) is 3.14. The number of aromatic nitrogens is 2. The molecule has 0 bridgehead atoms. The van der Waals surface area contributed by atoms with Crippen molar-refractivity contribution in [1.82, 2.24) is 14.7 Å². The number of anilines is 1. The molecule has 0 aliphatic rings. The third kappa shape index (κ3) is 4.18. The monoisotopic (exact) mass is 297 g/mol. The summed E-state index contributed by atoms with van der Waals surface area (Å²) in [5.41, 5.74) is 7.70. The van der Waals surface area contributed by atoms with E-state index < -0.39 is 0 Å². The van der Waals surface area contributed by atoms with Crippen molar-refractivity contribution in [3.05, 3.63) is 11.3 Å². The lowest BCUT2D eigenvalue weighted by molar-refractivity contribution is 0.407. The largest absolute Gasteiger partial charge is 0.389 e. The van der Waals surface area contributed by atoms with E-state index in [0.29, 0.717) is 10.9 Å². The van der Waals surface area contributed by atoms with E-state index >= 15 is 0 Å². The minimum absolute atomic E-state index is 0.421. The van der Waals surface area contributed by atoms with Crippen molar-refractivity contribution < 1.29 is 0 Å². The summed E-state index contributed by atoms with van der Waals surface area (Å²) in [6, 6.07) is 0. The first kappa shape index (κ1) is 16.9. The molecule has 20 heavy (non-hydrogen) atoms. The average molecular weight is 297 g/mol. The van der Waals surface area contributed by atoms with E-state index in [1.165, 1.54) is 0 Å². The number of nitrogens with zero attached hydrogens (tertiary/aromatic N) is 4.